The predicted octanol–water partition coefficient (Wildman–Crippen LogP) is 7.63. The van der Waals surface area contributed by atoms with Crippen LogP contribution in [0.2, 0.25) is 0 Å². The number of rotatable bonds is 16. The van der Waals surface area contributed by atoms with E-state index in [2.05, 4.69) is 0 Å². The number of hydrogen-bond donors (Lipinski definition) is 2. The molecule has 4 saturated carbocycles. The lowest BCUT2D eigenvalue weighted by Gasteiger charge is -2.56. The van der Waals surface area contributed by atoms with E-state index in [9.17, 15) is 13.3 Å². The van der Waals surface area contributed by atoms with Crippen LogP contribution >= 0.6 is 7.60 Å². The molecule has 4 aliphatic rings. The zero-order chi connectivity index (χ0) is 25.6. The summed E-state index contributed by atoms with van der Waals surface area (Å²) in [5, 5.41) is 0. The van der Waals surface area contributed by atoms with E-state index in [1.54, 1.807) is 0 Å². The van der Waals surface area contributed by atoms with Crippen LogP contribution < -0.4 is 9.47 Å². The Bertz CT molecular complexity index is 867. The van der Waals surface area contributed by atoms with E-state index in [1.165, 1.54) is 50.7 Å². The number of unbranched alkanes of at least 4 members (excludes halogenated alkanes) is 8. The Morgan fingerprint density at radius 2 is 1.19 bits per heavy atom. The van der Waals surface area contributed by atoms with Crippen molar-refractivity contribution in [3.63, 3.8) is 0 Å². The maximum absolute atomic E-state index is 14.7. The van der Waals surface area contributed by atoms with E-state index in [-0.39, 0.29) is 23.1 Å². The van der Waals surface area contributed by atoms with Gasteiger partial charge in [-0.05, 0) is 81.3 Å². The average molecular weight is 529 g/mol. The fraction of sp³-hybridized carbons (Fsp3) is 0.786. The molecular formula is C28H43F2O5P. The minimum absolute atomic E-state index is 0.00247. The first-order valence-electron chi connectivity index (χ1n) is 14.0. The molecule has 0 heterocycles. The average Bonchev–Trinajstić information content (AvgIpc) is 2.80. The summed E-state index contributed by atoms with van der Waals surface area (Å²) in [7, 11) is -3.85. The highest BCUT2D eigenvalue weighted by molar-refractivity contribution is 7.51. The van der Waals surface area contributed by atoms with Crippen LogP contribution in [0.3, 0.4) is 0 Å². The van der Waals surface area contributed by atoms with Crippen molar-refractivity contribution < 1.29 is 32.6 Å². The van der Waals surface area contributed by atoms with E-state index in [0.29, 0.717) is 19.6 Å². The van der Waals surface area contributed by atoms with Crippen LogP contribution in [-0.2, 0) is 4.57 Å². The van der Waals surface area contributed by atoms with Crippen LogP contribution in [0.1, 0.15) is 96.3 Å². The maximum atomic E-state index is 14.7. The van der Waals surface area contributed by atoms with Gasteiger partial charge in [0.2, 0.25) is 11.6 Å². The number of ether oxygens (including phenoxy) is 2. The number of halogens is 2. The Hall–Kier alpha value is -1.17. The largest absolute Gasteiger partial charge is 0.490 e. The van der Waals surface area contributed by atoms with Crippen molar-refractivity contribution in [2.75, 3.05) is 19.4 Å². The summed E-state index contributed by atoms with van der Waals surface area (Å²) in [6.07, 6.45) is 16.0. The van der Waals surface area contributed by atoms with Crippen molar-refractivity contribution in [1.29, 1.82) is 0 Å². The van der Waals surface area contributed by atoms with Crippen molar-refractivity contribution in [3.8, 4) is 11.5 Å². The molecule has 1 aromatic carbocycles. The van der Waals surface area contributed by atoms with E-state index < -0.39 is 19.2 Å². The first-order valence-corrected chi connectivity index (χ1v) is 15.8. The third-order valence-corrected chi connectivity index (χ3v) is 9.46. The Kier molecular flexibility index (Phi) is 9.74. The second-order valence-corrected chi connectivity index (χ2v) is 13.6. The van der Waals surface area contributed by atoms with Crippen LogP contribution in [-0.4, -0.2) is 29.2 Å². The normalized spacial score (nSPS) is 26.9. The molecule has 1 aromatic rings. The fourth-order valence-electron chi connectivity index (χ4n) is 7.27. The zero-order valence-electron chi connectivity index (χ0n) is 21.4. The van der Waals surface area contributed by atoms with Gasteiger partial charge in [-0.2, -0.15) is 8.78 Å². The molecule has 0 unspecified atom stereocenters. The summed E-state index contributed by atoms with van der Waals surface area (Å²) in [6.45, 7) is 0.840. The molecule has 4 fully saturated rings. The number of hydrogen-bond acceptors (Lipinski definition) is 3. The van der Waals surface area contributed by atoms with Gasteiger partial charge >= 0.3 is 7.60 Å². The molecule has 0 aromatic heterocycles. The molecule has 0 amide bonds. The van der Waals surface area contributed by atoms with Gasteiger partial charge in [-0.3, -0.25) is 4.57 Å². The predicted molar refractivity (Wildman–Crippen MR) is 136 cm³/mol. The molecule has 0 atom stereocenters. The van der Waals surface area contributed by atoms with Gasteiger partial charge in [0.25, 0.3) is 0 Å². The molecule has 0 saturated heterocycles. The lowest BCUT2D eigenvalue weighted by atomic mass is 9.50. The topological polar surface area (TPSA) is 76.0 Å². The summed E-state index contributed by atoms with van der Waals surface area (Å²) < 4.78 is 51.5. The van der Waals surface area contributed by atoms with Gasteiger partial charge in [-0.25, -0.2) is 0 Å². The van der Waals surface area contributed by atoms with Crippen LogP contribution in [0.4, 0.5) is 8.78 Å². The van der Waals surface area contributed by atoms with E-state index >= 15 is 0 Å². The minimum Gasteiger partial charge on any atom is -0.490 e. The maximum Gasteiger partial charge on any atom is 0.325 e. The monoisotopic (exact) mass is 528 g/mol. The molecule has 36 heavy (non-hydrogen) atoms. The summed E-state index contributed by atoms with van der Waals surface area (Å²) in [5.74, 6) is 0.428. The van der Waals surface area contributed by atoms with Crippen LogP contribution in [0.15, 0.2) is 12.1 Å². The van der Waals surface area contributed by atoms with Gasteiger partial charge < -0.3 is 19.3 Å². The van der Waals surface area contributed by atoms with Gasteiger partial charge in [0, 0.05) is 11.6 Å². The van der Waals surface area contributed by atoms with Crippen LogP contribution in [0, 0.1) is 34.8 Å². The highest BCUT2D eigenvalue weighted by atomic mass is 31.2. The quantitative estimate of drug-likeness (QED) is 0.170. The van der Waals surface area contributed by atoms with Crippen molar-refractivity contribution >= 4 is 7.60 Å². The van der Waals surface area contributed by atoms with Crippen LogP contribution in [0.5, 0.6) is 11.5 Å². The van der Waals surface area contributed by atoms with Gasteiger partial charge in [0.05, 0.1) is 13.2 Å². The molecule has 2 N–H and O–H groups in total. The Labute approximate surface area is 214 Å². The molecule has 5 nitrogen and oxygen atoms in total. The molecule has 8 heteroatoms. The molecule has 4 bridgehead atoms. The highest BCUT2D eigenvalue weighted by Gasteiger charge is 2.51. The van der Waals surface area contributed by atoms with Crippen molar-refractivity contribution in [3.05, 3.63) is 23.8 Å². The molecule has 5 rings (SSSR count). The number of benzene rings is 1. The summed E-state index contributed by atoms with van der Waals surface area (Å²) in [4.78, 5) is 17.7. The standard InChI is InChI=1S/C28H43F2O5P/c29-26-24(34-12-8-6-4-2-1-3-5-7-9-13-36(31,32)33)10-11-25(27(26)30)35-20-28-17-21-14-22(18-28)16-23(15-21)19-28/h10-11,21-23H,1-9,12-20H2,(H2,31,32,33). The van der Waals surface area contributed by atoms with Gasteiger partial charge in [0.1, 0.15) is 0 Å². The zero-order valence-corrected chi connectivity index (χ0v) is 22.3. The molecule has 4 aliphatic carbocycles. The summed E-state index contributed by atoms with van der Waals surface area (Å²) in [6, 6.07) is 2.99. The lowest BCUT2D eigenvalue weighted by molar-refractivity contribution is -0.0750. The van der Waals surface area contributed by atoms with Crippen molar-refractivity contribution in [1.82, 2.24) is 0 Å². The van der Waals surface area contributed by atoms with E-state index in [4.69, 9.17) is 19.3 Å². The lowest BCUT2D eigenvalue weighted by Crippen LogP contribution is -2.48. The van der Waals surface area contributed by atoms with E-state index in [0.717, 1.165) is 69.1 Å². The first kappa shape index (κ1) is 27.9. The summed E-state index contributed by atoms with van der Waals surface area (Å²) in [5.41, 5.74) is 0.151. The van der Waals surface area contributed by atoms with Crippen molar-refractivity contribution in [2.45, 2.75) is 96.3 Å². The molecular weight excluding hydrogens is 485 g/mol. The first-order chi connectivity index (χ1) is 17.2. The smallest absolute Gasteiger partial charge is 0.325 e. The molecule has 0 radical (unpaired) electrons. The SMILES string of the molecule is O=P(O)(O)CCCCCCCCCCCOc1ccc(OCC23CC4CC(CC(C4)C2)C3)c(F)c1F. The van der Waals surface area contributed by atoms with Crippen molar-refractivity contribution in [2.24, 2.45) is 23.2 Å². The second kappa shape index (κ2) is 12.6. The van der Waals surface area contributed by atoms with Gasteiger partial charge in [-0.1, -0.05) is 44.9 Å². The minimum atomic E-state index is -3.85. The molecule has 0 aliphatic heterocycles. The van der Waals surface area contributed by atoms with Gasteiger partial charge in [0.15, 0.2) is 11.5 Å². The summed E-state index contributed by atoms with van der Waals surface area (Å²) >= 11 is 0. The molecule has 0 spiro atoms. The second-order valence-electron chi connectivity index (χ2n) is 11.8. The molecule has 204 valence electrons. The van der Waals surface area contributed by atoms with Gasteiger partial charge in [-0.15, -0.1) is 0 Å². The van der Waals surface area contributed by atoms with E-state index in [1.807, 2.05) is 0 Å². The third kappa shape index (κ3) is 7.91. The third-order valence-electron chi connectivity index (χ3n) is 8.56. The highest BCUT2D eigenvalue weighted by Crippen LogP contribution is 2.60. The van der Waals surface area contributed by atoms with Crippen LogP contribution in [0.25, 0.3) is 0 Å². The Balaban J connectivity index is 1.09. The Morgan fingerprint density at radius 1 is 0.750 bits per heavy atom. The Morgan fingerprint density at radius 3 is 1.69 bits per heavy atom. The fourth-order valence-corrected chi connectivity index (χ4v) is 7.91.